The number of hydrogen-bond acceptors (Lipinski definition) is 2. The van der Waals surface area contributed by atoms with Gasteiger partial charge in [0, 0.05) is 10.5 Å². The van der Waals surface area contributed by atoms with E-state index in [0.717, 1.165) is 13.0 Å². The van der Waals surface area contributed by atoms with E-state index in [1.807, 2.05) is 14.1 Å². The van der Waals surface area contributed by atoms with Gasteiger partial charge in [-0.2, -0.15) is 0 Å². The molecule has 0 aromatic heterocycles. The summed E-state index contributed by atoms with van der Waals surface area (Å²) in [6.07, 6.45) is 1.16. The first kappa shape index (κ1) is 13.7. The molecule has 0 aliphatic carbocycles. The Morgan fingerprint density at radius 2 is 1.94 bits per heavy atom. The predicted octanol–water partition coefficient (Wildman–Crippen LogP) is 2.96. The SMILES string of the molecule is CCC(CNC)C(NC)c1ccccc1Br. The monoisotopic (exact) mass is 284 g/mol. The minimum absolute atomic E-state index is 0.396. The van der Waals surface area contributed by atoms with E-state index in [0.29, 0.717) is 12.0 Å². The second-order valence-electron chi connectivity index (χ2n) is 4.01. The van der Waals surface area contributed by atoms with Gasteiger partial charge in [-0.05, 0) is 38.2 Å². The first-order chi connectivity index (χ1) is 7.74. The molecule has 1 aromatic rings. The van der Waals surface area contributed by atoms with Gasteiger partial charge in [0.15, 0.2) is 0 Å². The van der Waals surface area contributed by atoms with E-state index >= 15 is 0 Å². The minimum Gasteiger partial charge on any atom is -0.319 e. The van der Waals surface area contributed by atoms with Crippen molar-refractivity contribution in [3.8, 4) is 0 Å². The van der Waals surface area contributed by atoms with Gasteiger partial charge in [0.05, 0.1) is 0 Å². The Kier molecular flexibility index (Phi) is 6.03. The van der Waals surface area contributed by atoms with Crippen LogP contribution in [0.4, 0.5) is 0 Å². The average molecular weight is 285 g/mol. The van der Waals surface area contributed by atoms with Crippen LogP contribution in [-0.4, -0.2) is 20.6 Å². The molecule has 2 atom stereocenters. The Balaban J connectivity index is 2.92. The standard InChI is InChI=1S/C13H21BrN2/c1-4-10(9-15-2)13(16-3)11-7-5-6-8-12(11)14/h5-8,10,13,15-16H,4,9H2,1-3H3. The second-order valence-corrected chi connectivity index (χ2v) is 4.87. The molecule has 16 heavy (non-hydrogen) atoms. The van der Waals surface area contributed by atoms with Crippen LogP contribution in [0.15, 0.2) is 28.7 Å². The van der Waals surface area contributed by atoms with Crippen molar-refractivity contribution in [1.29, 1.82) is 0 Å². The third kappa shape index (κ3) is 3.30. The summed E-state index contributed by atoms with van der Waals surface area (Å²) in [7, 11) is 4.04. The third-order valence-corrected chi connectivity index (χ3v) is 3.74. The summed E-state index contributed by atoms with van der Waals surface area (Å²) in [6.45, 7) is 3.27. The van der Waals surface area contributed by atoms with Crippen LogP contribution in [0.3, 0.4) is 0 Å². The van der Waals surface area contributed by atoms with E-state index < -0.39 is 0 Å². The van der Waals surface area contributed by atoms with Crippen LogP contribution in [0.2, 0.25) is 0 Å². The van der Waals surface area contributed by atoms with Crippen LogP contribution in [0, 0.1) is 5.92 Å². The van der Waals surface area contributed by atoms with Crippen molar-refractivity contribution in [3.63, 3.8) is 0 Å². The Hall–Kier alpha value is -0.380. The van der Waals surface area contributed by atoms with E-state index in [1.54, 1.807) is 0 Å². The van der Waals surface area contributed by atoms with Gasteiger partial charge in [-0.25, -0.2) is 0 Å². The molecule has 3 heteroatoms. The zero-order valence-corrected chi connectivity index (χ0v) is 11.8. The average Bonchev–Trinajstić information content (AvgIpc) is 2.31. The number of halogens is 1. The molecule has 0 aliphatic rings. The molecule has 90 valence electrons. The van der Waals surface area contributed by atoms with Crippen molar-refractivity contribution in [1.82, 2.24) is 10.6 Å². The molecule has 2 N–H and O–H groups in total. The summed E-state index contributed by atoms with van der Waals surface area (Å²) in [5.74, 6) is 0.605. The van der Waals surface area contributed by atoms with Crippen LogP contribution in [0.5, 0.6) is 0 Å². The van der Waals surface area contributed by atoms with Gasteiger partial charge in [0.1, 0.15) is 0 Å². The fourth-order valence-electron chi connectivity index (χ4n) is 2.13. The fourth-order valence-corrected chi connectivity index (χ4v) is 2.66. The van der Waals surface area contributed by atoms with Gasteiger partial charge in [-0.1, -0.05) is 47.5 Å². The smallest absolute Gasteiger partial charge is 0.0369 e. The first-order valence-corrected chi connectivity index (χ1v) is 6.60. The lowest BCUT2D eigenvalue weighted by Gasteiger charge is -2.27. The molecule has 0 fully saturated rings. The highest BCUT2D eigenvalue weighted by atomic mass is 79.9. The number of rotatable bonds is 6. The summed E-state index contributed by atoms with van der Waals surface area (Å²) < 4.78 is 1.18. The van der Waals surface area contributed by atoms with Gasteiger partial charge in [-0.3, -0.25) is 0 Å². The Labute approximate surface area is 107 Å². The molecule has 1 rings (SSSR count). The maximum absolute atomic E-state index is 3.63. The van der Waals surface area contributed by atoms with Crippen LogP contribution in [-0.2, 0) is 0 Å². The molecule has 0 radical (unpaired) electrons. The summed E-state index contributed by atoms with van der Waals surface area (Å²) in [5, 5.41) is 6.69. The van der Waals surface area contributed by atoms with Crippen molar-refractivity contribution in [2.45, 2.75) is 19.4 Å². The summed E-state index contributed by atoms with van der Waals surface area (Å²) in [4.78, 5) is 0. The molecular formula is C13H21BrN2. The van der Waals surface area contributed by atoms with E-state index in [2.05, 4.69) is 57.8 Å². The number of nitrogens with one attached hydrogen (secondary N) is 2. The van der Waals surface area contributed by atoms with Crippen LogP contribution in [0.1, 0.15) is 24.9 Å². The zero-order chi connectivity index (χ0) is 12.0. The second kappa shape index (κ2) is 7.05. The molecule has 0 spiro atoms. The maximum atomic E-state index is 3.63. The summed E-state index contributed by atoms with van der Waals surface area (Å²) in [5.41, 5.74) is 1.34. The Morgan fingerprint density at radius 1 is 1.25 bits per heavy atom. The van der Waals surface area contributed by atoms with Crippen molar-refractivity contribution in [2.75, 3.05) is 20.6 Å². The normalized spacial score (nSPS) is 14.8. The van der Waals surface area contributed by atoms with E-state index in [1.165, 1.54) is 10.0 Å². The molecule has 0 heterocycles. The van der Waals surface area contributed by atoms with Crippen molar-refractivity contribution < 1.29 is 0 Å². The van der Waals surface area contributed by atoms with Gasteiger partial charge in [-0.15, -0.1) is 0 Å². The molecule has 1 aromatic carbocycles. The molecule has 0 saturated carbocycles. The van der Waals surface area contributed by atoms with E-state index in [4.69, 9.17) is 0 Å². The van der Waals surface area contributed by atoms with Gasteiger partial charge in [0.2, 0.25) is 0 Å². The fraction of sp³-hybridized carbons (Fsp3) is 0.538. The molecule has 2 unspecified atom stereocenters. The summed E-state index contributed by atoms with van der Waals surface area (Å²) >= 11 is 3.63. The predicted molar refractivity (Wildman–Crippen MR) is 73.7 cm³/mol. The lowest BCUT2D eigenvalue weighted by molar-refractivity contribution is 0.359. The van der Waals surface area contributed by atoms with Gasteiger partial charge in [0.25, 0.3) is 0 Å². The van der Waals surface area contributed by atoms with E-state index in [9.17, 15) is 0 Å². The van der Waals surface area contributed by atoms with Crippen molar-refractivity contribution in [2.24, 2.45) is 5.92 Å². The third-order valence-electron chi connectivity index (χ3n) is 3.01. The quantitative estimate of drug-likeness (QED) is 0.839. The molecule has 0 amide bonds. The van der Waals surface area contributed by atoms with Gasteiger partial charge < -0.3 is 10.6 Å². The molecule has 0 bridgehead atoms. The highest BCUT2D eigenvalue weighted by Crippen LogP contribution is 2.29. The molecule has 0 saturated heterocycles. The van der Waals surface area contributed by atoms with Crippen molar-refractivity contribution >= 4 is 15.9 Å². The lowest BCUT2D eigenvalue weighted by atomic mass is 9.91. The Bertz CT molecular complexity index is 315. The van der Waals surface area contributed by atoms with Crippen LogP contribution < -0.4 is 10.6 Å². The molecular weight excluding hydrogens is 264 g/mol. The minimum atomic E-state index is 0.396. The van der Waals surface area contributed by atoms with Crippen molar-refractivity contribution in [3.05, 3.63) is 34.3 Å². The topological polar surface area (TPSA) is 24.1 Å². The lowest BCUT2D eigenvalue weighted by Crippen LogP contribution is -2.31. The van der Waals surface area contributed by atoms with Crippen LogP contribution in [0.25, 0.3) is 0 Å². The molecule has 2 nitrogen and oxygen atoms in total. The first-order valence-electron chi connectivity index (χ1n) is 5.80. The largest absolute Gasteiger partial charge is 0.319 e. The van der Waals surface area contributed by atoms with E-state index in [-0.39, 0.29) is 0 Å². The maximum Gasteiger partial charge on any atom is 0.0369 e. The Morgan fingerprint density at radius 3 is 2.44 bits per heavy atom. The molecule has 0 aliphatic heterocycles. The number of benzene rings is 1. The zero-order valence-electron chi connectivity index (χ0n) is 10.3. The highest BCUT2D eigenvalue weighted by Gasteiger charge is 2.21. The van der Waals surface area contributed by atoms with Gasteiger partial charge >= 0.3 is 0 Å². The number of hydrogen-bond donors (Lipinski definition) is 2. The van der Waals surface area contributed by atoms with Crippen LogP contribution >= 0.6 is 15.9 Å². The highest BCUT2D eigenvalue weighted by molar-refractivity contribution is 9.10. The summed E-state index contributed by atoms with van der Waals surface area (Å²) in [6, 6.07) is 8.83.